The molecule has 0 aromatic rings. The molecule has 0 aromatic heterocycles. The smallest absolute Gasteiger partial charge is 0.223 e. The zero-order valence-electron chi connectivity index (χ0n) is 9.54. The van der Waals surface area contributed by atoms with E-state index in [9.17, 15) is 4.79 Å². The molecule has 0 aliphatic heterocycles. The van der Waals surface area contributed by atoms with Crippen LogP contribution in [0.5, 0.6) is 0 Å². The first kappa shape index (κ1) is 12.0. The highest BCUT2D eigenvalue weighted by molar-refractivity contribution is 5.76. The molecule has 0 heterocycles. The largest absolute Gasteiger partial charge is 0.330 e. The Morgan fingerprint density at radius 3 is 2.60 bits per heavy atom. The third-order valence-electron chi connectivity index (χ3n) is 3.18. The van der Waals surface area contributed by atoms with E-state index >= 15 is 0 Å². The number of hydrogen-bond acceptors (Lipinski definition) is 2. The van der Waals surface area contributed by atoms with Crippen LogP contribution in [0.3, 0.4) is 0 Å². The van der Waals surface area contributed by atoms with Crippen LogP contribution in [0.1, 0.15) is 45.4 Å². The van der Waals surface area contributed by atoms with Crippen molar-refractivity contribution in [2.45, 2.75) is 45.4 Å². The predicted molar refractivity (Wildman–Crippen MR) is 59.1 cm³/mol. The zero-order chi connectivity index (χ0) is 11.1. The molecule has 1 rings (SSSR count). The van der Waals surface area contributed by atoms with Gasteiger partial charge in [-0.1, -0.05) is 19.3 Å². The van der Waals surface area contributed by atoms with Gasteiger partial charge in [0.15, 0.2) is 0 Å². The van der Waals surface area contributed by atoms with E-state index in [2.05, 4.69) is 0 Å². The molecule has 0 saturated heterocycles. The Morgan fingerprint density at radius 2 is 2.07 bits per heavy atom. The van der Waals surface area contributed by atoms with E-state index in [-0.39, 0.29) is 12.5 Å². The van der Waals surface area contributed by atoms with Gasteiger partial charge < -0.3 is 4.90 Å². The van der Waals surface area contributed by atoms with Crippen LogP contribution in [0.15, 0.2) is 0 Å². The van der Waals surface area contributed by atoms with Crippen LogP contribution in [0.25, 0.3) is 0 Å². The molecule has 3 nitrogen and oxygen atoms in total. The van der Waals surface area contributed by atoms with E-state index < -0.39 is 0 Å². The van der Waals surface area contributed by atoms with Crippen molar-refractivity contribution in [1.29, 1.82) is 5.26 Å². The van der Waals surface area contributed by atoms with Gasteiger partial charge in [-0.3, -0.25) is 4.79 Å². The Kier molecular flexibility index (Phi) is 5.17. The van der Waals surface area contributed by atoms with E-state index in [1.54, 1.807) is 4.90 Å². The van der Waals surface area contributed by atoms with Crippen molar-refractivity contribution in [3.05, 3.63) is 0 Å². The third kappa shape index (κ3) is 3.91. The maximum atomic E-state index is 11.8. The highest BCUT2D eigenvalue weighted by Gasteiger charge is 2.19. The molecule has 15 heavy (non-hydrogen) atoms. The Morgan fingerprint density at radius 1 is 1.40 bits per heavy atom. The molecule has 1 amide bonds. The maximum Gasteiger partial charge on any atom is 0.223 e. The average Bonchev–Trinajstić information content (AvgIpc) is 2.27. The minimum Gasteiger partial charge on any atom is -0.330 e. The molecule has 0 radical (unpaired) electrons. The van der Waals surface area contributed by atoms with Gasteiger partial charge in [0.05, 0.1) is 6.07 Å². The highest BCUT2D eigenvalue weighted by Crippen LogP contribution is 2.26. The molecule has 1 aliphatic carbocycles. The number of nitrogens with zero attached hydrogens (tertiary/aromatic N) is 2. The second-order valence-corrected chi connectivity index (χ2v) is 4.27. The molecule has 0 N–H and O–H groups in total. The first-order chi connectivity index (χ1) is 7.27. The van der Waals surface area contributed by atoms with Crippen LogP contribution in [0, 0.1) is 17.2 Å². The minimum atomic E-state index is 0.158. The monoisotopic (exact) mass is 208 g/mol. The number of hydrogen-bond donors (Lipinski definition) is 0. The minimum absolute atomic E-state index is 0.158. The Bertz CT molecular complexity index is 238. The number of rotatable bonds is 4. The molecule has 3 heteroatoms. The number of amides is 1. The fraction of sp³-hybridized carbons (Fsp3) is 0.833. The Hall–Kier alpha value is -1.04. The molecule has 0 unspecified atom stereocenters. The predicted octanol–water partition coefficient (Wildman–Crippen LogP) is 2.33. The zero-order valence-corrected chi connectivity index (χ0v) is 9.54. The Balaban J connectivity index is 2.35. The van der Waals surface area contributed by atoms with E-state index in [4.69, 9.17) is 5.26 Å². The summed E-state index contributed by atoms with van der Waals surface area (Å²) in [6.07, 6.45) is 6.88. The van der Waals surface area contributed by atoms with E-state index in [1.807, 2.05) is 13.0 Å². The summed E-state index contributed by atoms with van der Waals surface area (Å²) < 4.78 is 0. The molecular weight excluding hydrogens is 188 g/mol. The topological polar surface area (TPSA) is 44.1 Å². The van der Waals surface area contributed by atoms with Crippen LogP contribution >= 0.6 is 0 Å². The van der Waals surface area contributed by atoms with Crippen molar-refractivity contribution in [3.63, 3.8) is 0 Å². The molecular formula is C12H20N2O. The summed E-state index contributed by atoms with van der Waals surface area (Å²) in [7, 11) is 0. The Labute approximate surface area is 92.1 Å². The molecule has 0 spiro atoms. The molecule has 0 bridgehead atoms. The van der Waals surface area contributed by atoms with Crippen molar-refractivity contribution in [3.8, 4) is 6.07 Å². The van der Waals surface area contributed by atoms with E-state index in [1.165, 1.54) is 32.1 Å². The molecule has 1 aliphatic rings. The SMILES string of the molecule is CCN(CC#N)C(=O)CC1CCCCC1. The van der Waals surface area contributed by atoms with Gasteiger partial charge in [0.2, 0.25) is 5.91 Å². The van der Waals surface area contributed by atoms with Gasteiger partial charge >= 0.3 is 0 Å². The van der Waals surface area contributed by atoms with Gasteiger partial charge in [-0.05, 0) is 25.7 Å². The molecule has 0 atom stereocenters. The summed E-state index contributed by atoms with van der Waals surface area (Å²) in [5.41, 5.74) is 0. The van der Waals surface area contributed by atoms with Gasteiger partial charge in [-0.2, -0.15) is 5.26 Å². The average molecular weight is 208 g/mol. The fourth-order valence-corrected chi connectivity index (χ4v) is 2.23. The van der Waals surface area contributed by atoms with Crippen LogP contribution in [0.2, 0.25) is 0 Å². The van der Waals surface area contributed by atoms with Crippen LogP contribution in [-0.4, -0.2) is 23.9 Å². The lowest BCUT2D eigenvalue weighted by Crippen LogP contribution is -2.32. The fourth-order valence-electron chi connectivity index (χ4n) is 2.23. The van der Waals surface area contributed by atoms with Crippen LogP contribution in [0.4, 0.5) is 0 Å². The van der Waals surface area contributed by atoms with Gasteiger partial charge in [0.25, 0.3) is 0 Å². The standard InChI is InChI=1S/C12H20N2O/c1-2-14(9-8-13)12(15)10-11-6-4-3-5-7-11/h11H,2-7,9-10H2,1H3. The van der Waals surface area contributed by atoms with Crippen molar-refractivity contribution >= 4 is 5.91 Å². The summed E-state index contributed by atoms with van der Waals surface area (Å²) in [4.78, 5) is 13.5. The first-order valence-corrected chi connectivity index (χ1v) is 5.92. The quantitative estimate of drug-likeness (QED) is 0.665. The summed E-state index contributed by atoms with van der Waals surface area (Å²) in [5, 5.41) is 8.58. The lowest BCUT2D eigenvalue weighted by atomic mass is 9.86. The van der Waals surface area contributed by atoms with Gasteiger partial charge in [0.1, 0.15) is 6.54 Å². The first-order valence-electron chi connectivity index (χ1n) is 5.92. The lowest BCUT2D eigenvalue weighted by Gasteiger charge is -2.24. The summed E-state index contributed by atoms with van der Waals surface area (Å²) in [5.74, 6) is 0.727. The van der Waals surface area contributed by atoms with Crippen LogP contribution in [-0.2, 0) is 4.79 Å². The third-order valence-corrected chi connectivity index (χ3v) is 3.18. The molecule has 84 valence electrons. The summed E-state index contributed by atoms with van der Waals surface area (Å²) in [6, 6.07) is 2.04. The van der Waals surface area contributed by atoms with Gasteiger partial charge in [-0.25, -0.2) is 0 Å². The number of carbonyl (C=O) groups is 1. The number of carbonyl (C=O) groups excluding carboxylic acids is 1. The molecule has 1 saturated carbocycles. The second kappa shape index (κ2) is 6.44. The molecule has 0 aromatic carbocycles. The summed E-state index contributed by atoms with van der Waals surface area (Å²) >= 11 is 0. The highest BCUT2D eigenvalue weighted by atomic mass is 16.2. The van der Waals surface area contributed by atoms with E-state index in [0.29, 0.717) is 18.9 Å². The normalized spacial score (nSPS) is 17.1. The van der Waals surface area contributed by atoms with E-state index in [0.717, 1.165) is 0 Å². The number of nitriles is 1. The van der Waals surface area contributed by atoms with Crippen LogP contribution < -0.4 is 0 Å². The molecule has 1 fully saturated rings. The van der Waals surface area contributed by atoms with Crippen molar-refractivity contribution in [2.24, 2.45) is 5.92 Å². The maximum absolute atomic E-state index is 11.8. The van der Waals surface area contributed by atoms with Crippen molar-refractivity contribution in [1.82, 2.24) is 4.90 Å². The van der Waals surface area contributed by atoms with Crippen molar-refractivity contribution < 1.29 is 4.79 Å². The van der Waals surface area contributed by atoms with Gasteiger partial charge in [-0.15, -0.1) is 0 Å². The summed E-state index contributed by atoms with van der Waals surface area (Å²) in [6.45, 7) is 2.82. The second-order valence-electron chi connectivity index (χ2n) is 4.27. The lowest BCUT2D eigenvalue weighted by molar-refractivity contribution is -0.131. The van der Waals surface area contributed by atoms with Crippen molar-refractivity contribution in [2.75, 3.05) is 13.1 Å². The van der Waals surface area contributed by atoms with Gasteiger partial charge in [0, 0.05) is 13.0 Å².